The Bertz CT molecular complexity index is 593. The lowest BCUT2D eigenvalue weighted by Crippen LogP contribution is -2.13. The zero-order valence-electron chi connectivity index (χ0n) is 14.5. The van der Waals surface area contributed by atoms with E-state index in [-0.39, 0.29) is 0 Å². The van der Waals surface area contributed by atoms with Gasteiger partial charge in [0.25, 0.3) is 0 Å². The first kappa shape index (κ1) is 16.2. The Hall–Kier alpha value is -1.70. The van der Waals surface area contributed by atoms with Crippen LogP contribution in [-0.4, -0.2) is 10.2 Å². The SMILES string of the molecule is CCc1ccc(-c2ccc(CCC3CCC(C)CC3)nn2)cc1. The molecule has 0 atom stereocenters. The number of aryl methyl sites for hydroxylation is 2. The standard InChI is InChI=1S/C21H28N2/c1-3-17-8-11-19(12-9-17)21-15-14-20(22-23-21)13-10-18-6-4-16(2)5-7-18/h8-9,11-12,14-16,18H,3-7,10,13H2,1-2H3. The normalized spacial score (nSPS) is 21.3. The molecule has 23 heavy (non-hydrogen) atoms. The van der Waals surface area contributed by atoms with E-state index >= 15 is 0 Å². The Balaban J connectivity index is 1.56. The van der Waals surface area contributed by atoms with Crippen molar-refractivity contribution in [3.05, 3.63) is 47.7 Å². The minimum atomic E-state index is 0.897. The maximum absolute atomic E-state index is 4.45. The van der Waals surface area contributed by atoms with Gasteiger partial charge < -0.3 is 0 Å². The zero-order valence-corrected chi connectivity index (χ0v) is 14.5. The van der Waals surface area contributed by atoms with Gasteiger partial charge in [-0.25, -0.2) is 0 Å². The molecule has 2 nitrogen and oxygen atoms in total. The molecule has 0 aliphatic heterocycles. The molecule has 0 N–H and O–H groups in total. The van der Waals surface area contributed by atoms with Gasteiger partial charge in [-0.05, 0) is 48.8 Å². The van der Waals surface area contributed by atoms with Gasteiger partial charge in [-0.15, -0.1) is 0 Å². The molecule has 0 amide bonds. The predicted octanol–water partition coefficient (Wildman–Crippen LogP) is 5.46. The number of benzene rings is 1. The van der Waals surface area contributed by atoms with Crippen molar-refractivity contribution >= 4 is 0 Å². The van der Waals surface area contributed by atoms with Gasteiger partial charge in [0.15, 0.2) is 0 Å². The van der Waals surface area contributed by atoms with E-state index in [1.165, 1.54) is 37.7 Å². The average Bonchev–Trinajstić information content (AvgIpc) is 2.62. The first-order chi connectivity index (χ1) is 11.2. The van der Waals surface area contributed by atoms with Crippen molar-refractivity contribution in [1.82, 2.24) is 10.2 Å². The largest absolute Gasteiger partial charge is 0.155 e. The third kappa shape index (κ3) is 4.40. The third-order valence-corrected chi connectivity index (χ3v) is 5.32. The Morgan fingerprint density at radius 1 is 0.913 bits per heavy atom. The molecule has 0 unspecified atom stereocenters. The smallest absolute Gasteiger partial charge is 0.0929 e. The summed E-state index contributed by atoms with van der Waals surface area (Å²) in [4.78, 5) is 0. The summed E-state index contributed by atoms with van der Waals surface area (Å²) >= 11 is 0. The fourth-order valence-corrected chi connectivity index (χ4v) is 3.53. The predicted molar refractivity (Wildman–Crippen MR) is 96.3 cm³/mol. The second-order valence-electron chi connectivity index (χ2n) is 7.12. The quantitative estimate of drug-likeness (QED) is 0.732. The maximum Gasteiger partial charge on any atom is 0.0929 e. The molecule has 0 saturated heterocycles. The van der Waals surface area contributed by atoms with Crippen LogP contribution in [0.4, 0.5) is 0 Å². The molecule has 0 radical (unpaired) electrons. The van der Waals surface area contributed by atoms with Gasteiger partial charge in [-0.2, -0.15) is 10.2 Å². The minimum absolute atomic E-state index is 0.897. The van der Waals surface area contributed by atoms with Crippen molar-refractivity contribution in [1.29, 1.82) is 0 Å². The number of aromatic nitrogens is 2. The lowest BCUT2D eigenvalue weighted by atomic mass is 9.81. The van der Waals surface area contributed by atoms with Gasteiger partial charge in [-0.1, -0.05) is 63.8 Å². The van der Waals surface area contributed by atoms with Crippen molar-refractivity contribution < 1.29 is 0 Å². The summed E-state index contributed by atoms with van der Waals surface area (Å²) in [7, 11) is 0. The van der Waals surface area contributed by atoms with Crippen molar-refractivity contribution in [2.24, 2.45) is 11.8 Å². The van der Waals surface area contributed by atoms with E-state index in [1.807, 2.05) is 0 Å². The van der Waals surface area contributed by atoms with Gasteiger partial charge in [0.05, 0.1) is 11.4 Å². The highest BCUT2D eigenvalue weighted by Gasteiger charge is 2.18. The van der Waals surface area contributed by atoms with Crippen LogP contribution < -0.4 is 0 Å². The fourth-order valence-electron chi connectivity index (χ4n) is 3.53. The number of rotatable bonds is 5. The van der Waals surface area contributed by atoms with Gasteiger partial charge in [0, 0.05) is 5.56 Å². The maximum atomic E-state index is 4.45. The Morgan fingerprint density at radius 2 is 1.65 bits per heavy atom. The first-order valence-electron chi connectivity index (χ1n) is 9.16. The highest BCUT2D eigenvalue weighted by Crippen LogP contribution is 2.31. The molecule has 122 valence electrons. The molecule has 1 aliphatic rings. The van der Waals surface area contributed by atoms with Crippen molar-refractivity contribution in [3.8, 4) is 11.3 Å². The molecule has 2 aromatic rings. The molecular weight excluding hydrogens is 280 g/mol. The van der Waals surface area contributed by atoms with Gasteiger partial charge in [-0.3, -0.25) is 0 Å². The van der Waals surface area contributed by atoms with Crippen LogP contribution in [0.3, 0.4) is 0 Å². The van der Waals surface area contributed by atoms with Crippen LogP contribution in [0, 0.1) is 11.8 Å². The van der Waals surface area contributed by atoms with Gasteiger partial charge in [0.2, 0.25) is 0 Å². The second kappa shape index (κ2) is 7.72. The van der Waals surface area contributed by atoms with Crippen molar-refractivity contribution in [3.63, 3.8) is 0 Å². The third-order valence-electron chi connectivity index (χ3n) is 5.32. The van der Waals surface area contributed by atoms with Crippen LogP contribution in [0.5, 0.6) is 0 Å². The average molecular weight is 308 g/mol. The molecule has 1 aromatic carbocycles. The highest BCUT2D eigenvalue weighted by molar-refractivity contribution is 5.58. The second-order valence-corrected chi connectivity index (χ2v) is 7.12. The van der Waals surface area contributed by atoms with E-state index in [1.54, 1.807) is 0 Å². The van der Waals surface area contributed by atoms with Crippen LogP contribution >= 0.6 is 0 Å². The molecule has 1 aliphatic carbocycles. The van der Waals surface area contributed by atoms with E-state index in [0.717, 1.165) is 41.6 Å². The summed E-state index contributed by atoms with van der Waals surface area (Å²) in [6.07, 6.45) is 9.02. The van der Waals surface area contributed by atoms with E-state index in [4.69, 9.17) is 0 Å². The number of hydrogen-bond donors (Lipinski definition) is 0. The fraction of sp³-hybridized carbons (Fsp3) is 0.524. The minimum Gasteiger partial charge on any atom is -0.155 e. The summed E-state index contributed by atoms with van der Waals surface area (Å²) in [5, 5.41) is 8.88. The highest BCUT2D eigenvalue weighted by atomic mass is 15.1. The number of nitrogens with zero attached hydrogens (tertiary/aromatic N) is 2. The molecule has 0 bridgehead atoms. The molecule has 0 spiro atoms. The molecular formula is C21H28N2. The molecule has 1 fully saturated rings. The van der Waals surface area contributed by atoms with Crippen LogP contribution in [0.2, 0.25) is 0 Å². The Kier molecular flexibility index (Phi) is 5.43. The molecule has 1 heterocycles. The summed E-state index contributed by atoms with van der Waals surface area (Å²) in [5.74, 6) is 1.83. The topological polar surface area (TPSA) is 25.8 Å². The molecule has 3 rings (SSSR count). The lowest BCUT2D eigenvalue weighted by Gasteiger charge is -2.25. The van der Waals surface area contributed by atoms with Crippen molar-refractivity contribution in [2.75, 3.05) is 0 Å². The molecule has 1 aromatic heterocycles. The molecule has 2 heteroatoms. The van der Waals surface area contributed by atoms with Gasteiger partial charge >= 0.3 is 0 Å². The summed E-state index contributed by atoms with van der Waals surface area (Å²) in [6, 6.07) is 12.9. The molecule has 1 saturated carbocycles. The Labute approximate surface area is 140 Å². The van der Waals surface area contributed by atoms with Crippen LogP contribution in [-0.2, 0) is 12.8 Å². The van der Waals surface area contributed by atoms with E-state index in [2.05, 4.69) is 60.4 Å². The van der Waals surface area contributed by atoms with Crippen LogP contribution in [0.1, 0.15) is 57.2 Å². The summed E-state index contributed by atoms with van der Waals surface area (Å²) in [6.45, 7) is 4.56. The Morgan fingerprint density at radius 3 is 2.26 bits per heavy atom. The van der Waals surface area contributed by atoms with E-state index in [9.17, 15) is 0 Å². The zero-order chi connectivity index (χ0) is 16.1. The van der Waals surface area contributed by atoms with E-state index < -0.39 is 0 Å². The summed E-state index contributed by atoms with van der Waals surface area (Å²) in [5.41, 5.74) is 4.63. The van der Waals surface area contributed by atoms with Crippen molar-refractivity contribution in [2.45, 2.75) is 58.8 Å². The lowest BCUT2D eigenvalue weighted by molar-refractivity contribution is 0.277. The summed E-state index contributed by atoms with van der Waals surface area (Å²) < 4.78 is 0. The first-order valence-corrected chi connectivity index (χ1v) is 9.16. The van der Waals surface area contributed by atoms with Gasteiger partial charge in [0.1, 0.15) is 0 Å². The van der Waals surface area contributed by atoms with E-state index in [0.29, 0.717) is 0 Å². The van der Waals surface area contributed by atoms with Crippen LogP contribution in [0.15, 0.2) is 36.4 Å². The monoisotopic (exact) mass is 308 g/mol. The number of hydrogen-bond acceptors (Lipinski definition) is 2. The van der Waals surface area contributed by atoms with Crippen LogP contribution in [0.25, 0.3) is 11.3 Å².